The van der Waals surface area contributed by atoms with Gasteiger partial charge in [-0.15, -0.1) is 0 Å². The first kappa shape index (κ1) is 22.2. The number of halogens is 3. The molecule has 11 heteroatoms. The highest BCUT2D eigenvalue weighted by Crippen LogP contribution is 2.45. The molecule has 3 atom stereocenters. The van der Waals surface area contributed by atoms with Gasteiger partial charge in [-0.2, -0.15) is 13.2 Å². The number of methoxy groups -OCH3 is 2. The van der Waals surface area contributed by atoms with Gasteiger partial charge in [0, 0.05) is 5.56 Å². The number of hydrogen-bond donors (Lipinski definition) is 4. The first-order valence-electron chi connectivity index (χ1n) is 8.94. The standard InChI is InChI=1S/C20H19F3N2O6/c1-30-12-6-3-10(4-7-12)17(27)15-16(11-5-8-13(26)14(9-11)31-2)24-18(28)25-19(15,29)20(21,22)23/h3-9,15-16,26,29H,1-2H3,(H2,24,25,28). The lowest BCUT2D eigenvalue weighted by Crippen LogP contribution is -2.72. The van der Waals surface area contributed by atoms with Gasteiger partial charge in [-0.3, -0.25) is 4.79 Å². The number of phenolic OH excluding ortho intramolecular Hbond substituents is 1. The van der Waals surface area contributed by atoms with E-state index in [2.05, 4.69) is 5.32 Å². The molecular formula is C20H19F3N2O6. The number of rotatable bonds is 5. The van der Waals surface area contributed by atoms with Crippen molar-refractivity contribution in [3.63, 3.8) is 0 Å². The third kappa shape index (κ3) is 3.96. The van der Waals surface area contributed by atoms with Crippen molar-refractivity contribution in [1.82, 2.24) is 10.6 Å². The van der Waals surface area contributed by atoms with Crippen LogP contribution in [0.5, 0.6) is 17.2 Å². The van der Waals surface area contributed by atoms with Crippen LogP contribution >= 0.6 is 0 Å². The summed E-state index contributed by atoms with van der Waals surface area (Å²) in [6, 6.07) is 5.90. The van der Waals surface area contributed by atoms with Gasteiger partial charge < -0.3 is 30.3 Å². The Morgan fingerprint density at radius 2 is 1.74 bits per heavy atom. The number of nitrogens with one attached hydrogen (secondary N) is 2. The first-order valence-corrected chi connectivity index (χ1v) is 8.94. The number of hydrogen-bond acceptors (Lipinski definition) is 6. The van der Waals surface area contributed by atoms with Crippen LogP contribution < -0.4 is 20.1 Å². The number of Topliss-reactive ketones (excluding diaryl/α,β-unsaturated/α-hetero) is 1. The van der Waals surface area contributed by atoms with E-state index in [0.29, 0.717) is 5.75 Å². The number of amides is 2. The van der Waals surface area contributed by atoms with Crippen molar-refractivity contribution < 1.29 is 42.4 Å². The van der Waals surface area contributed by atoms with E-state index >= 15 is 0 Å². The molecule has 1 heterocycles. The van der Waals surface area contributed by atoms with Gasteiger partial charge in [-0.05, 0) is 42.0 Å². The molecule has 2 aromatic carbocycles. The van der Waals surface area contributed by atoms with Gasteiger partial charge in [0.15, 0.2) is 17.3 Å². The van der Waals surface area contributed by atoms with Crippen molar-refractivity contribution in [2.75, 3.05) is 14.2 Å². The van der Waals surface area contributed by atoms with Gasteiger partial charge in [-0.25, -0.2) is 4.79 Å². The molecule has 3 unspecified atom stereocenters. The quantitative estimate of drug-likeness (QED) is 0.531. The van der Waals surface area contributed by atoms with Gasteiger partial charge in [-0.1, -0.05) is 6.07 Å². The smallest absolute Gasteiger partial charge is 0.437 e. The molecule has 8 nitrogen and oxygen atoms in total. The normalized spacial score (nSPS) is 23.5. The van der Waals surface area contributed by atoms with Crippen molar-refractivity contribution in [2.24, 2.45) is 5.92 Å². The lowest BCUT2D eigenvalue weighted by molar-refractivity contribution is -0.287. The van der Waals surface area contributed by atoms with E-state index in [1.807, 2.05) is 0 Å². The Balaban J connectivity index is 2.16. The summed E-state index contributed by atoms with van der Waals surface area (Å²) in [4.78, 5) is 25.2. The van der Waals surface area contributed by atoms with Gasteiger partial charge in [0.1, 0.15) is 11.7 Å². The number of carbonyl (C=O) groups is 2. The molecule has 4 N–H and O–H groups in total. The van der Waals surface area contributed by atoms with Crippen LogP contribution in [0.25, 0.3) is 0 Å². The van der Waals surface area contributed by atoms with Gasteiger partial charge in [0.2, 0.25) is 5.72 Å². The second-order valence-corrected chi connectivity index (χ2v) is 6.84. The van der Waals surface area contributed by atoms with Crippen molar-refractivity contribution in [2.45, 2.75) is 17.9 Å². The number of phenols is 1. The summed E-state index contributed by atoms with van der Waals surface area (Å²) in [6.45, 7) is 0. The maximum absolute atomic E-state index is 13.9. The molecule has 1 fully saturated rings. The fourth-order valence-corrected chi connectivity index (χ4v) is 3.44. The summed E-state index contributed by atoms with van der Waals surface area (Å²) in [6.07, 6.45) is -5.38. The average Bonchev–Trinajstić information content (AvgIpc) is 2.72. The summed E-state index contributed by atoms with van der Waals surface area (Å²) in [5.41, 5.74) is -3.98. The first-order chi connectivity index (χ1) is 14.5. The summed E-state index contributed by atoms with van der Waals surface area (Å²) in [5, 5.41) is 24.1. The number of aromatic hydroxyl groups is 1. The summed E-state index contributed by atoms with van der Waals surface area (Å²) < 4.78 is 51.7. The monoisotopic (exact) mass is 440 g/mol. The highest BCUT2D eigenvalue weighted by atomic mass is 19.4. The molecule has 0 bridgehead atoms. The number of alkyl halides is 3. The highest BCUT2D eigenvalue weighted by molar-refractivity contribution is 6.00. The van der Waals surface area contributed by atoms with E-state index in [1.54, 1.807) is 0 Å². The minimum absolute atomic E-state index is 0.0130. The molecule has 31 heavy (non-hydrogen) atoms. The summed E-state index contributed by atoms with van der Waals surface area (Å²) in [7, 11) is 2.61. The van der Waals surface area contributed by atoms with E-state index in [1.165, 1.54) is 55.9 Å². The summed E-state index contributed by atoms with van der Waals surface area (Å²) >= 11 is 0. The third-order valence-corrected chi connectivity index (χ3v) is 5.03. The van der Waals surface area contributed by atoms with E-state index < -0.39 is 35.7 Å². The second kappa shape index (κ2) is 7.99. The van der Waals surface area contributed by atoms with Crippen LogP contribution in [0, 0.1) is 5.92 Å². The van der Waals surface area contributed by atoms with Crippen molar-refractivity contribution in [3.8, 4) is 17.2 Å². The minimum atomic E-state index is -5.38. The fourth-order valence-electron chi connectivity index (χ4n) is 3.44. The molecule has 1 aliphatic heterocycles. The second-order valence-electron chi connectivity index (χ2n) is 6.84. The molecule has 166 valence electrons. The molecule has 0 aliphatic carbocycles. The van der Waals surface area contributed by atoms with Crippen LogP contribution in [-0.4, -0.2) is 48.1 Å². The zero-order valence-corrected chi connectivity index (χ0v) is 16.4. The van der Waals surface area contributed by atoms with E-state index in [9.17, 15) is 33.0 Å². The molecular weight excluding hydrogens is 421 g/mol. The predicted octanol–water partition coefficient (Wildman–Crippen LogP) is 2.51. The Kier molecular flexibility index (Phi) is 5.72. The van der Waals surface area contributed by atoms with Crippen molar-refractivity contribution in [3.05, 3.63) is 53.6 Å². The number of benzene rings is 2. The van der Waals surface area contributed by atoms with Crippen LogP contribution in [0.3, 0.4) is 0 Å². The Morgan fingerprint density at radius 1 is 1.10 bits per heavy atom. The molecule has 0 radical (unpaired) electrons. The van der Waals surface area contributed by atoms with Crippen LogP contribution in [0.1, 0.15) is 22.0 Å². The van der Waals surface area contributed by atoms with Gasteiger partial charge in [0.25, 0.3) is 0 Å². The zero-order valence-electron chi connectivity index (χ0n) is 16.4. The lowest BCUT2D eigenvalue weighted by atomic mass is 9.77. The highest BCUT2D eigenvalue weighted by Gasteiger charge is 2.66. The molecule has 1 aliphatic rings. The molecule has 1 saturated heterocycles. The Hall–Kier alpha value is -3.47. The molecule has 0 saturated carbocycles. The van der Waals surface area contributed by atoms with Crippen molar-refractivity contribution in [1.29, 1.82) is 0 Å². The lowest BCUT2D eigenvalue weighted by Gasteiger charge is -2.45. The molecule has 2 amide bonds. The molecule has 3 rings (SSSR count). The zero-order chi connectivity index (χ0) is 23.0. The fraction of sp³-hybridized carbons (Fsp3) is 0.300. The number of ether oxygens (including phenoxy) is 2. The number of carbonyl (C=O) groups excluding carboxylic acids is 2. The molecule has 0 aromatic heterocycles. The van der Waals surface area contributed by atoms with Crippen LogP contribution in [0.4, 0.5) is 18.0 Å². The maximum atomic E-state index is 13.9. The predicted molar refractivity (Wildman–Crippen MR) is 101 cm³/mol. The SMILES string of the molecule is COc1ccc(C(=O)C2C(c3ccc(O)c(OC)c3)NC(=O)NC2(O)C(F)(F)F)cc1. The topological polar surface area (TPSA) is 117 Å². The molecule has 0 spiro atoms. The van der Waals surface area contributed by atoms with Crippen LogP contribution in [-0.2, 0) is 0 Å². The third-order valence-electron chi connectivity index (χ3n) is 5.03. The largest absolute Gasteiger partial charge is 0.504 e. The number of urea groups is 1. The molecule has 2 aromatic rings. The number of aliphatic hydroxyl groups is 1. The van der Waals surface area contributed by atoms with Crippen molar-refractivity contribution >= 4 is 11.8 Å². The van der Waals surface area contributed by atoms with E-state index in [-0.39, 0.29) is 22.6 Å². The number of ketones is 1. The van der Waals surface area contributed by atoms with Crippen LogP contribution in [0.15, 0.2) is 42.5 Å². The summed E-state index contributed by atoms with van der Waals surface area (Å²) in [5.74, 6) is -3.29. The Morgan fingerprint density at radius 3 is 2.29 bits per heavy atom. The van der Waals surface area contributed by atoms with E-state index in [4.69, 9.17) is 9.47 Å². The van der Waals surface area contributed by atoms with Gasteiger partial charge >= 0.3 is 12.2 Å². The Bertz CT molecular complexity index is 995. The average molecular weight is 440 g/mol. The van der Waals surface area contributed by atoms with Gasteiger partial charge in [0.05, 0.1) is 20.3 Å². The maximum Gasteiger partial charge on any atom is 0.437 e. The van der Waals surface area contributed by atoms with E-state index in [0.717, 1.165) is 6.07 Å². The van der Waals surface area contributed by atoms with Crippen LogP contribution in [0.2, 0.25) is 0 Å². The minimum Gasteiger partial charge on any atom is -0.504 e. The Labute approximate surface area is 174 Å².